The second kappa shape index (κ2) is 10.6. The van der Waals surface area contributed by atoms with Gasteiger partial charge in [-0.25, -0.2) is 4.79 Å². The molecule has 0 fully saturated rings. The Morgan fingerprint density at radius 1 is 0.781 bits per heavy atom. The van der Waals surface area contributed by atoms with Crippen molar-refractivity contribution in [1.29, 1.82) is 0 Å². The second-order valence-electron chi connectivity index (χ2n) is 6.54. The molecule has 0 aliphatic rings. The Bertz CT molecular complexity index is 1170. The highest BCUT2D eigenvalue weighted by atomic mass is 79.9. The predicted octanol–water partition coefficient (Wildman–Crippen LogP) is 5.59. The van der Waals surface area contributed by atoms with Gasteiger partial charge >= 0.3 is 5.97 Å². The number of hydrogen-bond donors (Lipinski definition) is 0. The lowest BCUT2D eigenvalue weighted by Gasteiger charge is -2.11. The summed E-state index contributed by atoms with van der Waals surface area (Å²) in [6.45, 7) is 0. The van der Waals surface area contributed by atoms with Crippen molar-refractivity contribution in [3.05, 3.63) is 87.9 Å². The van der Waals surface area contributed by atoms with Gasteiger partial charge in [-0.3, -0.25) is 4.79 Å². The van der Waals surface area contributed by atoms with Crippen LogP contribution < -0.4 is 18.9 Å². The maximum Gasteiger partial charge on any atom is 0.344 e. The Morgan fingerprint density at radius 3 is 2.22 bits per heavy atom. The highest BCUT2D eigenvalue weighted by molar-refractivity contribution is 9.10. The van der Waals surface area contributed by atoms with Crippen LogP contribution in [0.25, 0.3) is 6.08 Å². The molecular formula is C25H21BrO6. The van der Waals surface area contributed by atoms with Crippen molar-refractivity contribution in [3.63, 3.8) is 0 Å². The van der Waals surface area contributed by atoms with Crippen LogP contribution in [0, 0.1) is 0 Å². The molecule has 0 bridgehead atoms. The number of ketones is 1. The van der Waals surface area contributed by atoms with Gasteiger partial charge in [-0.15, -0.1) is 0 Å². The van der Waals surface area contributed by atoms with E-state index in [2.05, 4.69) is 15.9 Å². The van der Waals surface area contributed by atoms with Crippen molar-refractivity contribution < 1.29 is 28.5 Å². The first kappa shape index (κ1) is 23.1. The third-order valence-corrected chi connectivity index (χ3v) is 5.28. The quantitative estimate of drug-likeness (QED) is 0.175. The zero-order valence-electron chi connectivity index (χ0n) is 17.8. The first-order valence-corrected chi connectivity index (χ1v) is 10.3. The summed E-state index contributed by atoms with van der Waals surface area (Å²) in [7, 11) is 4.52. The molecule has 0 unspecified atom stereocenters. The molecule has 32 heavy (non-hydrogen) atoms. The normalized spacial score (nSPS) is 10.6. The molecule has 6 nitrogen and oxygen atoms in total. The van der Waals surface area contributed by atoms with Crippen LogP contribution in [-0.2, 0) is 0 Å². The van der Waals surface area contributed by atoms with Crippen LogP contribution in [0.1, 0.15) is 26.3 Å². The summed E-state index contributed by atoms with van der Waals surface area (Å²) < 4.78 is 21.9. The molecule has 0 heterocycles. The number of methoxy groups -OCH3 is 3. The van der Waals surface area contributed by atoms with Crippen LogP contribution in [0.2, 0.25) is 0 Å². The maximum atomic E-state index is 12.6. The summed E-state index contributed by atoms with van der Waals surface area (Å²) in [5.41, 5.74) is 1.51. The Kier molecular flexibility index (Phi) is 7.68. The van der Waals surface area contributed by atoms with Crippen LogP contribution in [0.5, 0.6) is 23.0 Å². The Balaban J connectivity index is 1.79. The molecule has 3 aromatic rings. The number of ether oxygens (including phenoxy) is 4. The number of carbonyl (C=O) groups is 2. The highest BCUT2D eigenvalue weighted by Crippen LogP contribution is 2.30. The number of benzene rings is 3. The molecule has 3 rings (SSSR count). The van der Waals surface area contributed by atoms with E-state index in [-0.39, 0.29) is 11.5 Å². The summed E-state index contributed by atoms with van der Waals surface area (Å²) >= 11 is 3.34. The summed E-state index contributed by atoms with van der Waals surface area (Å²) in [5.74, 6) is 0.912. The minimum atomic E-state index is -0.513. The smallest absolute Gasteiger partial charge is 0.344 e. The molecule has 7 heteroatoms. The monoisotopic (exact) mass is 496 g/mol. The van der Waals surface area contributed by atoms with Gasteiger partial charge in [-0.1, -0.05) is 24.3 Å². The topological polar surface area (TPSA) is 71.1 Å². The van der Waals surface area contributed by atoms with Crippen molar-refractivity contribution in [2.75, 3.05) is 21.3 Å². The Morgan fingerprint density at radius 2 is 1.53 bits per heavy atom. The molecule has 0 aliphatic carbocycles. The molecular weight excluding hydrogens is 476 g/mol. The van der Waals surface area contributed by atoms with E-state index in [1.54, 1.807) is 67.8 Å². The molecule has 0 spiro atoms. The van der Waals surface area contributed by atoms with Crippen LogP contribution in [-0.4, -0.2) is 33.1 Å². The number of rotatable bonds is 8. The predicted molar refractivity (Wildman–Crippen MR) is 125 cm³/mol. The average Bonchev–Trinajstić information content (AvgIpc) is 2.82. The fourth-order valence-corrected chi connectivity index (χ4v) is 3.36. The Labute approximate surface area is 194 Å². The van der Waals surface area contributed by atoms with Gasteiger partial charge in [0.2, 0.25) is 0 Å². The molecule has 0 radical (unpaired) electrons. The average molecular weight is 497 g/mol. The second-order valence-corrected chi connectivity index (χ2v) is 7.40. The molecule has 0 aliphatic heterocycles. The fraction of sp³-hybridized carbons (Fsp3) is 0.120. The zero-order chi connectivity index (χ0) is 23.1. The number of halogens is 1. The van der Waals surface area contributed by atoms with Crippen molar-refractivity contribution in [2.24, 2.45) is 0 Å². The van der Waals surface area contributed by atoms with E-state index in [1.807, 2.05) is 6.07 Å². The highest BCUT2D eigenvalue weighted by Gasteiger charge is 2.15. The van der Waals surface area contributed by atoms with Gasteiger partial charge in [-0.2, -0.15) is 0 Å². The van der Waals surface area contributed by atoms with Gasteiger partial charge in [0, 0.05) is 10.5 Å². The lowest BCUT2D eigenvalue weighted by atomic mass is 10.1. The molecule has 3 aromatic carbocycles. The van der Waals surface area contributed by atoms with Crippen LogP contribution in [0.3, 0.4) is 0 Å². The first-order chi connectivity index (χ1) is 15.5. The number of esters is 1. The number of carbonyl (C=O) groups excluding carboxylic acids is 2. The summed E-state index contributed by atoms with van der Waals surface area (Å²) in [6.07, 6.45) is 3.08. The van der Waals surface area contributed by atoms with Crippen LogP contribution >= 0.6 is 15.9 Å². The largest absolute Gasteiger partial charge is 0.497 e. The van der Waals surface area contributed by atoms with Crippen LogP contribution in [0.15, 0.2) is 71.2 Å². The molecule has 0 saturated heterocycles. The standard InChI is InChI=1S/C25H21BrO6/c1-29-17-10-11-19(23(15-17)30-2)21(27)12-8-16-9-13-22(24(14-16)31-3)32-25(28)18-6-4-5-7-20(18)26/h4-15H,1-3H3/b12-8+. The van der Waals surface area contributed by atoms with Crippen molar-refractivity contribution >= 4 is 33.8 Å². The van der Waals surface area contributed by atoms with Crippen LogP contribution in [0.4, 0.5) is 0 Å². The first-order valence-electron chi connectivity index (χ1n) is 9.56. The van der Waals surface area contributed by atoms with E-state index in [4.69, 9.17) is 18.9 Å². The summed E-state index contributed by atoms with van der Waals surface area (Å²) in [5, 5.41) is 0. The van der Waals surface area contributed by atoms with E-state index in [0.717, 1.165) is 0 Å². The van der Waals surface area contributed by atoms with Gasteiger partial charge in [0.25, 0.3) is 0 Å². The molecule has 164 valence electrons. The molecule has 0 N–H and O–H groups in total. The van der Waals surface area contributed by atoms with Gasteiger partial charge in [0.15, 0.2) is 17.3 Å². The summed E-state index contributed by atoms with van der Waals surface area (Å²) in [4.78, 5) is 25.1. The van der Waals surface area contributed by atoms with Gasteiger partial charge in [0.05, 0.1) is 32.5 Å². The third-order valence-electron chi connectivity index (χ3n) is 4.59. The number of allylic oxidation sites excluding steroid dienone is 1. The van der Waals surface area contributed by atoms with E-state index in [0.29, 0.717) is 38.4 Å². The Hall–Kier alpha value is -3.58. The SMILES string of the molecule is COc1ccc(C(=O)/C=C/c2ccc(OC(=O)c3ccccc3Br)c(OC)c2)c(OC)c1. The lowest BCUT2D eigenvalue weighted by Crippen LogP contribution is -2.10. The minimum absolute atomic E-state index is 0.229. The van der Waals surface area contributed by atoms with E-state index >= 15 is 0 Å². The van der Waals surface area contributed by atoms with Crippen molar-refractivity contribution in [2.45, 2.75) is 0 Å². The molecule has 0 saturated carbocycles. The van der Waals surface area contributed by atoms with Crippen molar-refractivity contribution in [1.82, 2.24) is 0 Å². The molecule has 0 amide bonds. The van der Waals surface area contributed by atoms with Crippen molar-refractivity contribution in [3.8, 4) is 23.0 Å². The lowest BCUT2D eigenvalue weighted by molar-refractivity contribution is 0.0728. The van der Waals surface area contributed by atoms with E-state index in [1.165, 1.54) is 20.3 Å². The van der Waals surface area contributed by atoms with Gasteiger partial charge in [0.1, 0.15) is 11.5 Å². The molecule has 0 atom stereocenters. The minimum Gasteiger partial charge on any atom is -0.497 e. The number of hydrogen-bond acceptors (Lipinski definition) is 6. The fourth-order valence-electron chi connectivity index (χ4n) is 2.92. The molecule has 0 aromatic heterocycles. The van der Waals surface area contributed by atoms with E-state index in [9.17, 15) is 9.59 Å². The van der Waals surface area contributed by atoms with Gasteiger partial charge in [-0.05, 0) is 64.0 Å². The zero-order valence-corrected chi connectivity index (χ0v) is 19.3. The third kappa shape index (κ3) is 5.36. The van der Waals surface area contributed by atoms with Gasteiger partial charge < -0.3 is 18.9 Å². The van der Waals surface area contributed by atoms with E-state index < -0.39 is 5.97 Å². The maximum absolute atomic E-state index is 12.6. The summed E-state index contributed by atoms with van der Waals surface area (Å²) in [6, 6.07) is 17.0.